The molecule has 0 saturated heterocycles. The van der Waals surface area contributed by atoms with Gasteiger partial charge in [0.1, 0.15) is 0 Å². The molecule has 14 heavy (non-hydrogen) atoms. The van der Waals surface area contributed by atoms with Gasteiger partial charge in [0.15, 0.2) is 5.96 Å². The summed E-state index contributed by atoms with van der Waals surface area (Å²) < 4.78 is 0. The van der Waals surface area contributed by atoms with Gasteiger partial charge in [-0.1, -0.05) is 19.0 Å². The highest BCUT2D eigenvalue weighted by atomic mass is 15.3. The normalized spacial score (nSPS) is 20.9. The minimum absolute atomic E-state index is 0.147. The van der Waals surface area contributed by atoms with E-state index in [1.54, 1.807) is 0 Å². The third-order valence-corrected chi connectivity index (χ3v) is 2.12. The molecular formula is C8H16N6. The summed E-state index contributed by atoms with van der Waals surface area (Å²) in [5, 5.41) is 3.56. The average molecular weight is 196 g/mol. The van der Waals surface area contributed by atoms with E-state index >= 15 is 0 Å². The maximum atomic E-state index is 8.23. The molecule has 0 radical (unpaired) electrons. The Morgan fingerprint density at radius 1 is 1.79 bits per heavy atom. The van der Waals surface area contributed by atoms with Gasteiger partial charge in [0, 0.05) is 18.0 Å². The highest BCUT2D eigenvalue weighted by Crippen LogP contribution is 2.11. The average Bonchev–Trinajstić information content (AvgIpc) is 2.45. The zero-order valence-electron chi connectivity index (χ0n) is 8.59. The first-order chi connectivity index (χ1) is 6.65. The van der Waals surface area contributed by atoms with E-state index in [4.69, 9.17) is 11.3 Å². The van der Waals surface area contributed by atoms with E-state index in [1.165, 1.54) is 0 Å². The number of hydrogen-bond acceptors (Lipinski definition) is 4. The predicted molar refractivity (Wildman–Crippen MR) is 55.8 cm³/mol. The molecule has 1 unspecified atom stereocenters. The van der Waals surface area contributed by atoms with E-state index in [0.717, 1.165) is 6.54 Å². The number of guanidine groups is 1. The van der Waals surface area contributed by atoms with Crippen molar-refractivity contribution in [1.82, 2.24) is 4.90 Å². The van der Waals surface area contributed by atoms with Crippen molar-refractivity contribution in [1.29, 1.82) is 0 Å². The Hall–Kier alpha value is -1.42. The highest BCUT2D eigenvalue weighted by molar-refractivity contribution is 5.80. The molecule has 6 nitrogen and oxygen atoms in total. The number of nitrogens with two attached hydrogens (primary N) is 1. The zero-order valence-corrected chi connectivity index (χ0v) is 8.59. The molecule has 1 heterocycles. The summed E-state index contributed by atoms with van der Waals surface area (Å²) in [4.78, 5) is 8.90. The van der Waals surface area contributed by atoms with Gasteiger partial charge in [-0.25, -0.2) is 0 Å². The van der Waals surface area contributed by atoms with Gasteiger partial charge >= 0.3 is 0 Å². The zero-order chi connectivity index (χ0) is 10.6. The topological polar surface area (TPSA) is 90.4 Å². The van der Waals surface area contributed by atoms with Crippen molar-refractivity contribution >= 4 is 5.96 Å². The summed E-state index contributed by atoms with van der Waals surface area (Å²) in [5.74, 6) is 1.09. The smallest absolute Gasteiger partial charge is 0.191 e. The minimum Gasteiger partial charge on any atom is -0.370 e. The number of nitrogens with zero attached hydrogens (tertiary/aromatic N) is 5. The molecule has 1 aliphatic rings. The molecule has 2 N–H and O–H groups in total. The van der Waals surface area contributed by atoms with E-state index in [0.29, 0.717) is 25.0 Å². The summed E-state index contributed by atoms with van der Waals surface area (Å²) in [6.45, 7) is 6.18. The lowest BCUT2D eigenvalue weighted by Gasteiger charge is -2.26. The van der Waals surface area contributed by atoms with Gasteiger partial charge in [0.25, 0.3) is 0 Å². The Morgan fingerprint density at radius 3 is 3.07 bits per heavy atom. The fourth-order valence-electron chi connectivity index (χ4n) is 1.50. The molecule has 0 aliphatic carbocycles. The lowest BCUT2D eigenvalue weighted by Crippen LogP contribution is -2.44. The van der Waals surface area contributed by atoms with Crippen molar-refractivity contribution in [2.45, 2.75) is 19.9 Å². The van der Waals surface area contributed by atoms with Crippen molar-refractivity contribution in [2.24, 2.45) is 21.8 Å². The van der Waals surface area contributed by atoms with Crippen LogP contribution in [-0.2, 0) is 0 Å². The van der Waals surface area contributed by atoms with E-state index < -0.39 is 0 Å². The van der Waals surface area contributed by atoms with Crippen LogP contribution < -0.4 is 5.73 Å². The molecule has 0 bridgehead atoms. The molecule has 1 aliphatic heterocycles. The van der Waals surface area contributed by atoms with Crippen molar-refractivity contribution in [3.63, 3.8) is 0 Å². The van der Waals surface area contributed by atoms with Crippen molar-refractivity contribution in [3.05, 3.63) is 10.4 Å². The van der Waals surface area contributed by atoms with E-state index in [1.807, 2.05) is 4.90 Å². The minimum atomic E-state index is 0.147. The molecule has 0 aromatic carbocycles. The Bertz CT molecular complexity index is 265. The van der Waals surface area contributed by atoms with Gasteiger partial charge in [0.05, 0.1) is 12.6 Å². The first-order valence-electron chi connectivity index (χ1n) is 4.72. The quantitative estimate of drug-likeness (QED) is 0.412. The highest BCUT2D eigenvalue weighted by Gasteiger charge is 2.25. The first kappa shape index (κ1) is 10.7. The first-order valence-corrected chi connectivity index (χ1v) is 4.72. The summed E-state index contributed by atoms with van der Waals surface area (Å²) in [6.07, 6.45) is 0. The largest absolute Gasteiger partial charge is 0.370 e. The van der Waals surface area contributed by atoms with Crippen LogP contribution in [0.1, 0.15) is 13.8 Å². The van der Waals surface area contributed by atoms with E-state index in [9.17, 15) is 0 Å². The third kappa shape index (κ3) is 2.53. The molecule has 78 valence electrons. The summed E-state index contributed by atoms with van der Waals surface area (Å²) >= 11 is 0. The van der Waals surface area contributed by atoms with Gasteiger partial charge in [-0.2, -0.15) is 0 Å². The van der Waals surface area contributed by atoms with Crippen molar-refractivity contribution < 1.29 is 0 Å². The summed E-state index contributed by atoms with van der Waals surface area (Å²) in [5.41, 5.74) is 14.0. The second kappa shape index (κ2) is 4.72. The predicted octanol–water partition coefficient (Wildman–Crippen LogP) is 0.952. The van der Waals surface area contributed by atoms with Crippen LogP contribution in [0.4, 0.5) is 0 Å². The fraction of sp³-hybridized carbons (Fsp3) is 0.875. The summed E-state index contributed by atoms with van der Waals surface area (Å²) in [6, 6.07) is 0.147. The molecule has 6 heteroatoms. The van der Waals surface area contributed by atoms with Crippen molar-refractivity contribution in [3.8, 4) is 0 Å². The summed E-state index contributed by atoms with van der Waals surface area (Å²) in [7, 11) is 0. The van der Waals surface area contributed by atoms with Crippen LogP contribution in [0.5, 0.6) is 0 Å². The molecular weight excluding hydrogens is 180 g/mol. The fourth-order valence-corrected chi connectivity index (χ4v) is 1.50. The Kier molecular flexibility index (Phi) is 3.59. The monoisotopic (exact) mass is 196 g/mol. The van der Waals surface area contributed by atoms with Crippen molar-refractivity contribution in [2.75, 3.05) is 19.6 Å². The van der Waals surface area contributed by atoms with Crippen LogP contribution in [0.3, 0.4) is 0 Å². The number of azide groups is 1. The van der Waals surface area contributed by atoms with Crippen LogP contribution in [-0.4, -0.2) is 36.5 Å². The second-order valence-corrected chi connectivity index (χ2v) is 3.81. The van der Waals surface area contributed by atoms with Gasteiger partial charge in [0.2, 0.25) is 0 Å². The van der Waals surface area contributed by atoms with Crippen LogP contribution in [0, 0.1) is 5.92 Å². The second-order valence-electron chi connectivity index (χ2n) is 3.81. The third-order valence-electron chi connectivity index (χ3n) is 2.12. The van der Waals surface area contributed by atoms with Gasteiger partial charge in [-0.05, 0) is 11.4 Å². The molecule has 0 spiro atoms. The van der Waals surface area contributed by atoms with Crippen LogP contribution in [0.25, 0.3) is 10.4 Å². The van der Waals surface area contributed by atoms with Gasteiger partial charge < -0.3 is 10.6 Å². The Morgan fingerprint density at radius 2 is 2.50 bits per heavy atom. The number of rotatable bonds is 4. The van der Waals surface area contributed by atoms with Crippen LogP contribution in [0.2, 0.25) is 0 Å². The maximum absolute atomic E-state index is 8.23. The van der Waals surface area contributed by atoms with Crippen LogP contribution >= 0.6 is 0 Å². The lowest BCUT2D eigenvalue weighted by molar-refractivity contribution is 0.309. The Labute approximate surface area is 83.4 Å². The molecule has 0 saturated carbocycles. The number of aliphatic imine (C=N–C) groups is 1. The maximum Gasteiger partial charge on any atom is 0.191 e. The lowest BCUT2D eigenvalue weighted by atomic mass is 10.2. The number of hydrogen-bond donors (Lipinski definition) is 1. The van der Waals surface area contributed by atoms with E-state index in [-0.39, 0.29) is 6.04 Å². The standard InChI is InChI=1S/C8H16N6/c1-6(2)5-14-7(4-12-13-10)3-11-8(14)9/h6-7H,3-5H2,1-2H3,(H2,9,11). The molecule has 0 aromatic rings. The SMILES string of the molecule is CC(C)CN1C(N)=NCC1CN=[N+]=[N-]. The van der Waals surface area contributed by atoms with Gasteiger partial charge in [-0.3, -0.25) is 4.99 Å². The van der Waals surface area contributed by atoms with Crippen LogP contribution in [0.15, 0.2) is 10.1 Å². The van der Waals surface area contributed by atoms with Gasteiger partial charge in [-0.15, -0.1) is 0 Å². The molecule has 1 rings (SSSR count). The Balaban J connectivity index is 2.56. The van der Waals surface area contributed by atoms with E-state index in [2.05, 4.69) is 28.9 Å². The molecule has 1 atom stereocenters. The molecule has 0 fully saturated rings. The molecule has 0 amide bonds. The molecule has 0 aromatic heterocycles.